The third-order valence-corrected chi connectivity index (χ3v) is 4.34. The molecule has 1 aromatic rings. The number of hydrogen-bond donors (Lipinski definition) is 1. The number of anilines is 2. The van der Waals surface area contributed by atoms with Crippen LogP contribution in [-0.4, -0.2) is 54.1 Å². The van der Waals surface area contributed by atoms with Crippen LogP contribution in [0.25, 0.3) is 0 Å². The fourth-order valence-corrected chi connectivity index (χ4v) is 2.77. The predicted molar refractivity (Wildman–Crippen MR) is 82.8 cm³/mol. The van der Waals surface area contributed by atoms with Gasteiger partial charge in [-0.3, -0.25) is 4.90 Å². The van der Waals surface area contributed by atoms with Crippen molar-refractivity contribution in [1.29, 1.82) is 0 Å². The molecule has 106 valence electrons. The monoisotopic (exact) mass is 327 g/mol. The molecule has 0 aliphatic carbocycles. The van der Waals surface area contributed by atoms with Gasteiger partial charge in [-0.05, 0) is 29.3 Å². The van der Waals surface area contributed by atoms with E-state index >= 15 is 0 Å². The van der Waals surface area contributed by atoms with Crippen LogP contribution in [-0.2, 0) is 0 Å². The van der Waals surface area contributed by atoms with Gasteiger partial charge in [0.25, 0.3) is 0 Å². The minimum Gasteiger partial charge on any atom is -0.357 e. The summed E-state index contributed by atoms with van der Waals surface area (Å²) in [4.78, 5) is 13.6. The summed E-state index contributed by atoms with van der Waals surface area (Å²) in [6.07, 6.45) is 3.02. The fraction of sp³-hybridized carbons (Fsp3) is 0.692. The Morgan fingerprint density at radius 2 is 2.05 bits per heavy atom. The largest absolute Gasteiger partial charge is 0.357 e. The molecule has 0 radical (unpaired) electrons. The molecule has 0 saturated carbocycles. The van der Waals surface area contributed by atoms with Crippen molar-refractivity contribution in [3.63, 3.8) is 0 Å². The second-order valence-corrected chi connectivity index (χ2v) is 5.75. The Morgan fingerprint density at radius 3 is 2.63 bits per heavy atom. The number of aromatic nitrogens is 2. The highest BCUT2D eigenvalue weighted by Crippen LogP contribution is 2.25. The summed E-state index contributed by atoms with van der Waals surface area (Å²) in [5.41, 5.74) is 0. The quantitative estimate of drug-likeness (QED) is 0.918. The highest BCUT2D eigenvalue weighted by atomic mass is 79.9. The van der Waals surface area contributed by atoms with Crippen LogP contribution in [0.4, 0.5) is 11.8 Å². The summed E-state index contributed by atoms with van der Waals surface area (Å²) in [5.74, 6) is 1.66. The van der Waals surface area contributed by atoms with E-state index in [1.165, 1.54) is 6.42 Å². The summed E-state index contributed by atoms with van der Waals surface area (Å²) in [6.45, 7) is 8.78. The van der Waals surface area contributed by atoms with Crippen molar-refractivity contribution >= 4 is 27.7 Å². The zero-order chi connectivity index (χ0) is 13.8. The van der Waals surface area contributed by atoms with Crippen LogP contribution >= 0.6 is 15.9 Å². The van der Waals surface area contributed by atoms with E-state index in [1.807, 2.05) is 13.2 Å². The van der Waals surface area contributed by atoms with E-state index in [1.54, 1.807) is 0 Å². The molecule has 1 fully saturated rings. The highest BCUT2D eigenvalue weighted by Gasteiger charge is 2.22. The molecule has 1 atom stereocenters. The van der Waals surface area contributed by atoms with Crippen molar-refractivity contribution in [3.8, 4) is 0 Å². The molecule has 2 heterocycles. The average molecular weight is 328 g/mol. The summed E-state index contributed by atoms with van der Waals surface area (Å²) >= 11 is 3.54. The standard InChI is InChI=1S/C13H22BrN5/c1-4-10(2)18-5-7-19(8-6-18)12-11(14)9-16-13(15-3)17-12/h9-10H,4-8H2,1-3H3,(H,15,16,17). The maximum atomic E-state index is 4.54. The van der Waals surface area contributed by atoms with Crippen LogP contribution in [0.1, 0.15) is 20.3 Å². The zero-order valence-electron chi connectivity index (χ0n) is 11.9. The number of nitrogens with one attached hydrogen (secondary N) is 1. The van der Waals surface area contributed by atoms with E-state index in [-0.39, 0.29) is 0 Å². The van der Waals surface area contributed by atoms with Gasteiger partial charge in [-0.25, -0.2) is 4.98 Å². The first-order valence-corrected chi connectivity index (χ1v) is 7.64. The van der Waals surface area contributed by atoms with Crippen LogP contribution in [0.3, 0.4) is 0 Å². The van der Waals surface area contributed by atoms with Gasteiger partial charge in [0.2, 0.25) is 5.95 Å². The van der Waals surface area contributed by atoms with E-state index in [2.05, 4.69) is 54.9 Å². The Hall–Kier alpha value is -0.880. The van der Waals surface area contributed by atoms with Gasteiger partial charge in [0.05, 0.1) is 4.47 Å². The maximum absolute atomic E-state index is 4.54. The smallest absolute Gasteiger partial charge is 0.224 e. The average Bonchev–Trinajstić information content (AvgIpc) is 2.47. The Labute approximate surface area is 123 Å². The summed E-state index contributed by atoms with van der Waals surface area (Å²) in [5, 5.41) is 2.99. The molecule has 0 spiro atoms. The first-order valence-electron chi connectivity index (χ1n) is 6.85. The third-order valence-electron chi connectivity index (χ3n) is 3.78. The predicted octanol–water partition coefficient (Wildman–Crippen LogP) is 2.20. The fourth-order valence-electron chi connectivity index (χ4n) is 2.33. The number of piperazine rings is 1. The molecule has 1 aliphatic heterocycles. The minimum absolute atomic E-state index is 0.669. The number of hydrogen-bond acceptors (Lipinski definition) is 5. The second kappa shape index (κ2) is 6.52. The molecule has 0 aromatic carbocycles. The lowest BCUT2D eigenvalue weighted by Crippen LogP contribution is -2.49. The molecule has 0 amide bonds. The van der Waals surface area contributed by atoms with Crippen LogP contribution < -0.4 is 10.2 Å². The van der Waals surface area contributed by atoms with Crippen molar-refractivity contribution < 1.29 is 0 Å². The zero-order valence-corrected chi connectivity index (χ0v) is 13.4. The van der Waals surface area contributed by atoms with Gasteiger partial charge in [-0.1, -0.05) is 6.92 Å². The Morgan fingerprint density at radius 1 is 1.37 bits per heavy atom. The summed E-state index contributed by atoms with van der Waals surface area (Å²) in [6, 6.07) is 0.670. The molecule has 6 heteroatoms. The lowest BCUT2D eigenvalue weighted by atomic mass is 10.2. The molecule has 1 N–H and O–H groups in total. The number of halogens is 1. The van der Waals surface area contributed by atoms with E-state index in [0.29, 0.717) is 12.0 Å². The molecule has 1 aliphatic rings. The van der Waals surface area contributed by atoms with E-state index < -0.39 is 0 Å². The van der Waals surface area contributed by atoms with E-state index in [9.17, 15) is 0 Å². The molecule has 0 bridgehead atoms. The Bertz CT molecular complexity index is 417. The molecule has 5 nitrogen and oxygen atoms in total. The van der Waals surface area contributed by atoms with Gasteiger partial charge in [-0.2, -0.15) is 4.98 Å². The highest BCUT2D eigenvalue weighted by molar-refractivity contribution is 9.10. The van der Waals surface area contributed by atoms with Crippen molar-refractivity contribution in [1.82, 2.24) is 14.9 Å². The van der Waals surface area contributed by atoms with Gasteiger partial charge in [0.15, 0.2) is 0 Å². The van der Waals surface area contributed by atoms with Crippen LogP contribution in [0, 0.1) is 0 Å². The van der Waals surface area contributed by atoms with Gasteiger partial charge in [0, 0.05) is 45.5 Å². The second-order valence-electron chi connectivity index (χ2n) is 4.90. The lowest BCUT2D eigenvalue weighted by Gasteiger charge is -2.38. The molecule has 1 unspecified atom stereocenters. The SMILES string of the molecule is CCC(C)N1CCN(c2nc(NC)ncc2Br)CC1. The van der Waals surface area contributed by atoms with Crippen LogP contribution in [0.15, 0.2) is 10.7 Å². The third kappa shape index (κ3) is 3.36. The van der Waals surface area contributed by atoms with E-state index in [0.717, 1.165) is 36.5 Å². The first kappa shape index (κ1) is 14.5. The van der Waals surface area contributed by atoms with E-state index in [4.69, 9.17) is 0 Å². The van der Waals surface area contributed by atoms with Gasteiger partial charge in [-0.15, -0.1) is 0 Å². The Kier molecular flexibility index (Phi) is 4.99. The van der Waals surface area contributed by atoms with Crippen LogP contribution in [0.5, 0.6) is 0 Å². The summed E-state index contributed by atoms with van der Waals surface area (Å²) in [7, 11) is 1.84. The molecule has 1 saturated heterocycles. The molecule has 2 rings (SSSR count). The minimum atomic E-state index is 0.669. The topological polar surface area (TPSA) is 44.3 Å². The van der Waals surface area contributed by atoms with Crippen LogP contribution in [0.2, 0.25) is 0 Å². The Balaban J connectivity index is 2.05. The van der Waals surface area contributed by atoms with Crippen molar-refractivity contribution in [2.75, 3.05) is 43.4 Å². The van der Waals surface area contributed by atoms with Crippen molar-refractivity contribution in [3.05, 3.63) is 10.7 Å². The number of nitrogens with zero attached hydrogens (tertiary/aromatic N) is 4. The summed E-state index contributed by atoms with van der Waals surface area (Å²) < 4.78 is 0.962. The lowest BCUT2D eigenvalue weighted by molar-refractivity contribution is 0.192. The molecular formula is C13H22BrN5. The van der Waals surface area contributed by atoms with Crippen molar-refractivity contribution in [2.45, 2.75) is 26.3 Å². The van der Waals surface area contributed by atoms with Gasteiger partial charge in [0.1, 0.15) is 5.82 Å². The van der Waals surface area contributed by atoms with Crippen molar-refractivity contribution in [2.24, 2.45) is 0 Å². The number of rotatable bonds is 4. The normalized spacial score (nSPS) is 18.4. The molecule has 1 aromatic heterocycles. The van der Waals surface area contributed by atoms with Gasteiger partial charge >= 0.3 is 0 Å². The first-order chi connectivity index (χ1) is 9.15. The maximum Gasteiger partial charge on any atom is 0.224 e. The molecular weight excluding hydrogens is 306 g/mol. The van der Waals surface area contributed by atoms with Gasteiger partial charge < -0.3 is 10.2 Å². The molecule has 19 heavy (non-hydrogen) atoms.